The van der Waals surface area contributed by atoms with E-state index < -0.39 is 0 Å². The summed E-state index contributed by atoms with van der Waals surface area (Å²) in [5, 5.41) is 4.46. The van der Waals surface area contributed by atoms with Crippen LogP contribution in [0, 0.1) is 0 Å². The van der Waals surface area contributed by atoms with Crippen LogP contribution in [0.5, 0.6) is 11.5 Å². The van der Waals surface area contributed by atoms with Gasteiger partial charge in [-0.25, -0.2) is 9.97 Å². The van der Waals surface area contributed by atoms with Gasteiger partial charge in [0.15, 0.2) is 0 Å². The lowest BCUT2D eigenvalue weighted by Crippen LogP contribution is -1.99. The van der Waals surface area contributed by atoms with Crippen LogP contribution in [-0.2, 0) is 6.42 Å². The Morgan fingerprint density at radius 3 is 2.52 bits per heavy atom. The average molecular weight is 470 g/mol. The van der Waals surface area contributed by atoms with E-state index in [0.717, 1.165) is 43.9 Å². The minimum Gasteiger partial charge on any atom is -0.497 e. The first kappa shape index (κ1) is 19.7. The minimum atomic E-state index is 0.716. The third-order valence-electron chi connectivity index (χ3n) is 4.67. The quantitative estimate of drug-likeness (QED) is 0.351. The number of nitrogens with zero attached hydrogens (tertiary/aromatic N) is 2. The van der Waals surface area contributed by atoms with Crippen molar-refractivity contribution in [3.8, 4) is 22.6 Å². The highest BCUT2D eigenvalue weighted by atomic mass is 79.9. The van der Waals surface area contributed by atoms with Gasteiger partial charge in [-0.2, -0.15) is 0 Å². The number of hydrogen-bond acceptors (Lipinski definition) is 6. The normalized spacial score (nSPS) is 10.9. The van der Waals surface area contributed by atoms with Gasteiger partial charge in [-0.1, -0.05) is 35.0 Å². The lowest BCUT2D eigenvalue weighted by molar-refractivity contribution is 0.405. The van der Waals surface area contributed by atoms with Crippen LogP contribution in [0.2, 0.25) is 0 Å². The molecule has 0 aliphatic rings. The molecule has 5 nitrogen and oxygen atoms in total. The monoisotopic (exact) mass is 469 g/mol. The van der Waals surface area contributed by atoms with E-state index >= 15 is 0 Å². The molecule has 0 saturated heterocycles. The molecule has 2 aromatic heterocycles. The fraction of sp³-hybridized carbons (Fsp3) is 0.182. The molecule has 2 aromatic carbocycles. The number of nitrogens with one attached hydrogen (secondary N) is 1. The van der Waals surface area contributed by atoms with Crippen molar-refractivity contribution in [3.05, 3.63) is 58.1 Å². The summed E-state index contributed by atoms with van der Waals surface area (Å²) in [6, 6.07) is 14.0. The Morgan fingerprint density at radius 1 is 1.03 bits per heavy atom. The van der Waals surface area contributed by atoms with Crippen molar-refractivity contribution in [1.29, 1.82) is 0 Å². The summed E-state index contributed by atoms with van der Waals surface area (Å²) in [5.74, 6) is 2.20. The fourth-order valence-corrected chi connectivity index (χ4v) is 4.65. The zero-order valence-electron chi connectivity index (χ0n) is 16.3. The number of methoxy groups -OCH3 is 2. The summed E-state index contributed by atoms with van der Waals surface area (Å²) in [7, 11) is 3.29. The first-order chi connectivity index (χ1) is 14.1. The Balaban J connectivity index is 1.90. The minimum absolute atomic E-state index is 0.716. The number of anilines is 2. The fourth-order valence-electron chi connectivity index (χ4n) is 3.28. The first-order valence-electron chi connectivity index (χ1n) is 9.16. The number of ether oxygens (including phenoxy) is 2. The van der Waals surface area contributed by atoms with Crippen molar-refractivity contribution in [3.63, 3.8) is 0 Å². The maximum absolute atomic E-state index is 5.52. The standard InChI is InChI=1S/C22H20BrN3O2S/c1-4-18-19(13-5-7-14(23)8-6-13)20-21(24-12-25-22(20)29-18)26-16-11-15(27-2)9-10-17(16)28-3/h5-12H,4H2,1-3H3,(H,24,25,26). The number of hydrogen-bond donors (Lipinski definition) is 1. The van der Waals surface area contributed by atoms with Gasteiger partial charge in [0.05, 0.1) is 25.3 Å². The number of thiophene rings is 1. The number of aromatic nitrogens is 2. The van der Waals surface area contributed by atoms with E-state index in [4.69, 9.17) is 9.47 Å². The maximum atomic E-state index is 5.52. The van der Waals surface area contributed by atoms with E-state index in [1.165, 1.54) is 10.4 Å². The molecule has 0 radical (unpaired) electrons. The molecule has 0 aliphatic carbocycles. The Morgan fingerprint density at radius 2 is 1.83 bits per heavy atom. The third-order valence-corrected chi connectivity index (χ3v) is 6.45. The van der Waals surface area contributed by atoms with Crippen LogP contribution in [0.3, 0.4) is 0 Å². The van der Waals surface area contributed by atoms with E-state index in [2.05, 4.69) is 62.4 Å². The average Bonchev–Trinajstić information content (AvgIpc) is 3.14. The van der Waals surface area contributed by atoms with Gasteiger partial charge in [0.2, 0.25) is 0 Å². The Bertz CT molecular complexity index is 1160. The van der Waals surface area contributed by atoms with Gasteiger partial charge in [-0.05, 0) is 36.2 Å². The van der Waals surface area contributed by atoms with Crippen LogP contribution in [0.25, 0.3) is 21.3 Å². The number of benzene rings is 2. The SMILES string of the molecule is CCc1sc2ncnc(Nc3cc(OC)ccc3OC)c2c1-c1ccc(Br)cc1. The maximum Gasteiger partial charge on any atom is 0.143 e. The molecular formula is C22H20BrN3O2S. The van der Waals surface area contributed by atoms with Crippen molar-refractivity contribution in [1.82, 2.24) is 9.97 Å². The Kier molecular flexibility index (Phi) is 5.69. The van der Waals surface area contributed by atoms with Gasteiger partial charge < -0.3 is 14.8 Å². The van der Waals surface area contributed by atoms with Crippen molar-refractivity contribution in [2.45, 2.75) is 13.3 Å². The molecule has 0 aliphatic heterocycles. The molecule has 0 amide bonds. The summed E-state index contributed by atoms with van der Waals surface area (Å²) < 4.78 is 11.9. The molecule has 0 unspecified atom stereocenters. The van der Waals surface area contributed by atoms with Crippen molar-refractivity contribution in [2.24, 2.45) is 0 Å². The van der Waals surface area contributed by atoms with Gasteiger partial charge in [0.1, 0.15) is 28.5 Å². The molecule has 4 aromatic rings. The highest BCUT2D eigenvalue weighted by molar-refractivity contribution is 9.10. The van der Waals surface area contributed by atoms with E-state index in [1.807, 2.05) is 18.2 Å². The van der Waals surface area contributed by atoms with Crippen LogP contribution in [0.4, 0.5) is 11.5 Å². The number of halogens is 1. The van der Waals surface area contributed by atoms with Gasteiger partial charge in [0, 0.05) is 21.0 Å². The number of rotatable bonds is 6. The van der Waals surface area contributed by atoms with Crippen LogP contribution < -0.4 is 14.8 Å². The topological polar surface area (TPSA) is 56.3 Å². The number of fused-ring (bicyclic) bond motifs is 1. The summed E-state index contributed by atoms with van der Waals surface area (Å²) in [6.45, 7) is 2.17. The molecule has 7 heteroatoms. The second kappa shape index (κ2) is 8.39. The summed E-state index contributed by atoms with van der Waals surface area (Å²) in [5.41, 5.74) is 3.11. The van der Waals surface area contributed by atoms with E-state index in [1.54, 1.807) is 31.9 Å². The lowest BCUT2D eigenvalue weighted by Gasteiger charge is -2.13. The van der Waals surface area contributed by atoms with Crippen LogP contribution in [0.15, 0.2) is 53.3 Å². The molecule has 148 valence electrons. The molecule has 29 heavy (non-hydrogen) atoms. The number of aryl methyl sites for hydroxylation is 1. The molecule has 0 saturated carbocycles. The highest BCUT2D eigenvalue weighted by Crippen LogP contribution is 2.43. The predicted molar refractivity (Wildman–Crippen MR) is 123 cm³/mol. The third kappa shape index (κ3) is 3.80. The van der Waals surface area contributed by atoms with Gasteiger partial charge in [0.25, 0.3) is 0 Å². The summed E-state index contributed by atoms with van der Waals surface area (Å²) >= 11 is 5.23. The molecule has 0 spiro atoms. The van der Waals surface area contributed by atoms with Crippen molar-refractivity contribution < 1.29 is 9.47 Å². The van der Waals surface area contributed by atoms with Gasteiger partial charge >= 0.3 is 0 Å². The van der Waals surface area contributed by atoms with Gasteiger partial charge in [-0.15, -0.1) is 11.3 Å². The lowest BCUT2D eigenvalue weighted by atomic mass is 10.0. The van der Waals surface area contributed by atoms with Crippen LogP contribution >= 0.6 is 27.3 Å². The van der Waals surface area contributed by atoms with Crippen LogP contribution in [-0.4, -0.2) is 24.2 Å². The van der Waals surface area contributed by atoms with Crippen LogP contribution in [0.1, 0.15) is 11.8 Å². The molecule has 0 fully saturated rings. The first-order valence-corrected chi connectivity index (χ1v) is 10.8. The zero-order chi connectivity index (χ0) is 20.4. The van der Waals surface area contributed by atoms with Crippen molar-refractivity contribution >= 4 is 49.0 Å². The van der Waals surface area contributed by atoms with E-state index in [0.29, 0.717) is 5.75 Å². The van der Waals surface area contributed by atoms with E-state index in [-0.39, 0.29) is 0 Å². The largest absolute Gasteiger partial charge is 0.497 e. The van der Waals surface area contributed by atoms with Crippen molar-refractivity contribution in [2.75, 3.05) is 19.5 Å². The summed E-state index contributed by atoms with van der Waals surface area (Å²) in [4.78, 5) is 11.3. The molecule has 0 bridgehead atoms. The molecular weight excluding hydrogens is 450 g/mol. The molecule has 4 rings (SSSR count). The van der Waals surface area contributed by atoms with E-state index in [9.17, 15) is 0 Å². The molecule has 2 heterocycles. The highest BCUT2D eigenvalue weighted by Gasteiger charge is 2.19. The van der Waals surface area contributed by atoms with Gasteiger partial charge in [-0.3, -0.25) is 0 Å². The molecule has 0 atom stereocenters. The second-order valence-corrected chi connectivity index (χ2v) is 8.35. The summed E-state index contributed by atoms with van der Waals surface area (Å²) in [6.07, 6.45) is 2.52. The second-order valence-electron chi connectivity index (χ2n) is 6.35. The zero-order valence-corrected chi connectivity index (χ0v) is 18.7. The smallest absolute Gasteiger partial charge is 0.143 e. The Hall–Kier alpha value is -2.64. The predicted octanol–water partition coefficient (Wildman–Crippen LogP) is 6.44. The Labute approximate surface area is 181 Å². The molecule has 1 N–H and O–H groups in total.